The number of nitrogens with one attached hydrogen (secondary N) is 3. The molecule has 1 atom stereocenters. The first-order chi connectivity index (χ1) is 29.8. The number of fused-ring (bicyclic) bond motifs is 1. The number of sulfonamides is 1. The summed E-state index contributed by atoms with van der Waals surface area (Å²) in [6, 6.07) is 19.8. The Labute approximate surface area is 360 Å². The Kier molecular flexibility index (Phi) is 10.2. The summed E-state index contributed by atoms with van der Waals surface area (Å²) in [5.41, 5.74) is 3.53. The number of carbonyl (C=O) groups excluding carboxylic acids is 1. The van der Waals surface area contributed by atoms with E-state index in [1.165, 1.54) is 37.4 Å². The van der Waals surface area contributed by atoms with E-state index in [2.05, 4.69) is 59.1 Å². The fourth-order valence-electron chi connectivity index (χ4n) is 10.4. The lowest BCUT2D eigenvalue weighted by Crippen LogP contribution is -2.66. The van der Waals surface area contributed by atoms with Crippen LogP contribution in [0.3, 0.4) is 0 Å². The lowest BCUT2D eigenvalue weighted by atomic mass is 9.60. The highest BCUT2D eigenvalue weighted by atomic mass is 32.2. The number of aromatic amines is 1. The molecule has 62 heavy (non-hydrogen) atoms. The number of carbonyl (C=O) groups is 1. The normalized spacial score (nSPS) is 23.8. The number of amides is 1. The molecule has 5 aromatic rings. The van der Waals surface area contributed by atoms with Gasteiger partial charge in [-0.25, -0.2) is 23.1 Å². The maximum absolute atomic E-state index is 13.9. The zero-order valence-electron chi connectivity index (χ0n) is 34.8. The van der Waals surface area contributed by atoms with Gasteiger partial charge in [-0.1, -0.05) is 24.3 Å². The van der Waals surface area contributed by atoms with Crippen LogP contribution in [0.4, 0.5) is 17.2 Å². The minimum atomic E-state index is -4.62. The van der Waals surface area contributed by atoms with E-state index in [0.29, 0.717) is 42.9 Å². The second-order valence-corrected chi connectivity index (χ2v) is 20.3. The third-order valence-corrected chi connectivity index (χ3v) is 15.3. The van der Waals surface area contributed by atoms with Crippen molar-refractivity contribution in [2.24, 2.45) is 11.3 Å². The van der Waals surface area contributed by atoms with Crippen LogP contribution in [0.25, 0.3) is 11.0 Å². The lowest BCUT2D eigenvalue weighted by Gasteiger charge is -2.62. The molecule has 5 heterocycles. The average molecular weight is 861 g/mol. The summed E-state index contributed by atoms with van der Waals surface area (Å²) in [5.74, 6) is 0.357. The molecule has 16 heteroatoms. The summed E-state index contributed by atoms with van der Waals surface area (Å²) < 4.78 is 35.7. The highest BCUT2D eigenvalue weighted by Crippen LogP contribution is 2.55. The van der Waals surface area contributed by atoms with E-state index in [4.69, 9.17) is 4.74 Å². The van der Waals surface area contributed by atoms with Gasteiger partial charge >= 0.3 is 5.69 Å². The third kappa shape index (κ3) is 7.99. The summed E-state index contributed by atoms with van der Waals surface area (Å²) in [5, 5.41) is 26.2. The molecule has 0 unspecified atom stereocenters. The fraction of sp³-hybridized carbons (Fsp3) is 0.457. The Morgan fingerprint density at radius 1 is 1.00 bits per heavy atom. The largest absolute Gasteiger partial charge is 0.455 e. The molecule has 324 valence electrons. The van der Waals surface area contributed by atoms with E-state index < -0.39 is 37.0 Å². The summed E-state index contributed by atoms with van der Waals surface area (Å²) in [4.78, 5) is 41.4. The number of rotatable bonds is 13. The van der Waals surface area contributed by atoms with E-state index in [0.717, 1.165) is 74.6 Å². The van der Waals surface area contributed by atoms with Crippen LogP contribution in [-0.2, 0) is 10.0 Å². The van der Waals surface area contributed by atoms with Crippen LogP contribution in [0.2, 0.25) is 0 Å². The number of benzene rings is 2. The Hall–Kier alpha value is -5.58. The number of aliphatic hydroxyl groups is 1. The third-order valence-electron chi connectivity index (χ3n) is 14.0. The van der Waals surface area contributed by atoms with Gasteiger partial charge in [0.15, 0.2) is 0 Å². The number of H-pyrrole nitrogens is 1. The molecule has 1 spiro atoms. The molecule has 4 N–H and O–H groups in total. The van der Waals surface area contributed by atoms with Crippen LogP contribution in [0.15, 0.2) is 84.1 Å². The predicted molar refractivity (Wildman–Crippen MR) is 234 cm³/mol. The topological polar surface area (TPSA) is 196 Å². The fourth-order valence-corrected chi connectivity index (χ4v) is 11.4. The first-order valence-corrected chi connectivity index (χ1v) is 23.3. The van der Waals surface area contributed by atoms with Crippen molar-refractivity contribution in [3.05, 3.63) is 106 Å². The maximum atomic E-state index is 13.9. The number of nitro groups is 1. The monoisotopic (exact) mass is 860 g/mol. The second kappa shape index (κ2) is 15.6. The van der Waals surface area contributed by atoms with Crippen molar-refractivity contribution in [3.8, 4) is 11.5 Å². The minimum Gasteiger partial charge on any atom is -0.455 e. The highest BCUT2D eigenvalue weighted by molar-refractivity contribution is 7.90. The molecule has 3 saturated carbocycles. The number of ether oxygens (including phenoxy) is 1. The number of pyridine rings is 2. The molecule has 5 aliphatic rings. The molecule has 1 amide bonds. The molecule has 3 aromatic heterocycles. The smallest absolute Gasteiger partial charge is 0.312 e. The zero-order valence-corrected chi connectivity index (χ0v) is 35.6. The number of nitrogens with zero attached hydrogens (tertiary/aromatic N) is 5. The standard InChI is InChI=1S/C46H52N8O7S/c1-45(56)15-12-29(13-16-45)24-48-43-40(54(57)58)21-35(26-50-43)62(59,60)51-44(55)38-11-10-32(20-41(38)61-34-19-31-14-17-47-42(31)49-25-34)52-27-46(28-52)22-33(23-46)53-18-4-7-39(53)37-6-3-2-5-36(37)30-8-9-30/h2-3,5-6,10-11,14,17,19-21,25-26,29-30,33,39,56H,4,7-9,12-13,15-16,18,22-24,27-28H2,1H3,(H,47,49)(H,48,50)(H,51,55)/t29?,39-,45?/m0/s1. The maximum Gasteiger partial charge on any atom is 0.312 e. The van der Waals surface area contributed by atoms with Crippen LogP contribution in [-0.4, -0.2) is 82.0 Å². The van der Waals surface area contributed by atoms with Crippen LogP contribution in [0.5, 0.6) is 11.5 Å². The van der Waals surface area contributed by atoms with Gasteiger partial charge in [0.05, 0.1) is 28.5 Å². The zero-order chi connectivity index (χ0) is 42.8. The van der Waals surface area contributed by atoms with Gasteiger partial charge in [0.1, 0.15) is 22.0 Å². The van der Waals surface area contributed by atoms with Gasteiger partial charge in [-0.3, -0.25) is 19.8 Å². The molecule has 2 saturated heterocycles. The van der Waals surface area contributed by atoms with E-state index in [9.17, 15) is 28.4 Å². The average Bonchev–Trinajstić information content (AvgIpc) is 3.77. The number of anilines is 2. The SMILES string of the molecule is CC1(O)CCC(CNc2ncc(S(=O)(=O)NC(=O)c3ccc(N4CC5(CC(N6CCC[C@H]6c6ccccc6C6CC6)C5)C4)cc3Oc3cnc4[nH]ccc4c3)cc2[N+](=O)[O-])CC1. The molecule has 2 aromatic carbocycles. The minimum absolute atomic E-state index is 0.0378. The van der Waals surface area contributed by atoms with Crippen molar-refractivity contribution < 1.29 is 28.0 Å². The van der Waals surface area contributed by atoms with E-state index in [1.54, 1.807) is 42.9 Å². The van der Waals surface area contributed by atoms with E-state index in [-0.39, 0.29) is 28.5 Å². The van der Waals surface area contributed by atoms with Crippen molar-refractivity contribution >= 4 is 44.2 Å². The highest BCUT2D eigenvalue weighted by Gasteiger charge is 2.55. The number of hydrogen-bond donors (Lipinski definition) is 4. The first kappa shape index (κ1) is 40.5. The van der Waals surface area contributed by atoms with Crippen molar-refractivity contribution in [2.45, 2.75) is 99.6 Å². The van der Waals surface area contributed by atoms with E-state index in [1.807, 2.05) is 6.07 Å². The molecule has 15 nitrogen and oxygen atoms in total. The molecule has 5 fully saturated rings. The Morgan fingerprint density at radius 2 is 1.77 bits per heavy atom. The molecule has 3 aliphatic carbocycles. The molecule has 0 bridgehead atoms. The van der Waals surface area contributed by atoms with E-state index >= 15 is 0 Å². The number of hydrogen-bond acceptors (Lipinski definition) is 12. The molecule has 2 aliphatic heterocycles. The molecule has 10 rings (SSSR count). The van der Waals surface area contributed by atoms with Crippen LogP contribution < -0.4 is 19.7 Å². The van der Waals surface area contributed by atoms with Gasteiger partial charge in [-0.2, -0.15) is 0 Å². The number of aromatic nitrogens is 3. The summed E-state index contributed by atoms with van der Waals surface area (Å²) in [7, 11) is -4.62. The molecular formula is C46H52N8O7S. The summed E-state index contributed by atoms with van der Waals surface area (Å²) >= 11 is 0. The second-order valence-electron chi connectivity index (χ2n) is 18.6. The van der Waals surface area contributed by atoms with Gasteiger partial charge in [0.25, 0.3) is 15.9 Å². The van der Waals surface area contributed by atoms with Gasteiger partial charge in [0.2, 0.25) is 5.82 Å². The van der Waals surface area contributed by atoms with Gasteiger partial charge in [-0.05, 0) is 125 Å². The Morgan fingerprint density at radius 3 is 2.53 bits per heavy atom. The summed E-state index contributed by atoms with van der Waals surface area (Å²) in [6.45, 7) is 5.06. The lowest BCUT2D eigenvalue weighted by molar-refractivity contribution is -0.384. The van der Waals surface area contributed by atoms with Crippen molar-refractivity contribution in [2.75, 3.05) is 36.4 Å². The number of likely N-dealkylation sites (tertiary alicyclic amines) is 1. The summed E-state index contributed by atoms with van der Waals surface area (Å²) in [6.07, 6.45) is 14.3. The first-order valence-electron chi connectivity index (χ1n) is 21.8. The quantitative estimate of drug-likeness (QED) is 0.0663. The molecular weight excluding hydrogens is 809 g/mol. The van der Waals surface area contributed by atoms with Crippen molar-refractivity contribution in [1.82, 2.24) is 24.6 Å². The Balaban J connectivity index is 0.841. The van der Waals surface area contributed by atoms with Crippen LogP contribution in [0, 0.1) is 21.4 Å². The van der Waals surface area contributed by atoms with Crippen LogP contribution >= 0.6 is 0 Å². The van der Waals surface area contributed by atoms with Crippen molar-refractivity contribution in [3.63, 3.8) is 0 Å². The Bertz CT molecular complexity index is 2640. The van der Waals surface area contributed by atoms with Crippen molar-refractivity contribution in [1.29, 1.82) is 0 Å². The van der Waals surface area contributed by atoms with Gasteiger partial charge < -0.3 is 25.0 Å². The molecule has 0 radical (unpaired) electrons. The van der Waals surface area contributed by atoms with Gasteiger partial charge in [-0.15, -0.1) is 0 Å². The predicted octanol–water partition coefficient (Wildman–Crippen LogP) is 7.81. The van der Waals surface area contributed by atoms with Gasteiger partial charge in [0, 0.05) is 66.5 Å². The van der Waals surface area contributed by atoms with Crippen LogP contribution in [0.1, 0.15) is 105 Å².